The van der Waals surface area contributed by atoms with Gasteiger partial charge in [-0.15, -0.1) is 0 Å². The van der Waals surface area contributed by atoms with Crippen LogP contribution < -0.4 is 0 Å². The fourth-order valence-electron chi connectivity index (χ4n) is 3.14. The first kappa shape index (κ1) is 12.9. The zero-order valence-electron chi connectivity index (χ0n) is 12.6. The molecule has 1 atom stereocenters. The van der Waals surface area contributed by atoms with E-state index in [0.717, 1.165) is 11.1 Å². The predicted octanol–water partition coefficient (Wildman–Crippen LogP) is 3.04. The fourth-order valence-corrected chi connectivity index (χ4v) is 3.14. The van der Waals surface area contributed by atoms with Crippen molar-refractivity contribution < 1.29 is 0 Å². The Kier molecular flexibility index (Phi) is 2.85. The molecule has 0 radical (unpaired) electrons. The normalized spacial score (nSPS) is 12.8. The van der Waals surface area contributed by atoms with Gasteiger partial charge in [0.25, 0.3) is 0 Å². The Morgan fingerprint density at radius 2 is 2.09 bits per heavy atom. The van der Waals surface area contributed by atoms with Crippen LogP contribution in [0.15, 0.2) is 55.4 Å². The van der Waals surface area contributed by atoms with Crippen molar-refractivity contribution in [2.45, 2.75) is 13.0 Å². The van der Waals surface area contributed by atoms with Crippen LogP contribution in [-0.2, 0) is 7.05 Å². The number of nitrogens with one attached hydrogen (secondary N) is 1. The zero-order chi connectivity index (χ0) is 15.1. The van der Waals surface area contributed by atoms with E-state index >= 15 is 0 Å². The molecule has 3 aromatic heterocycles. The predicted molar refractivity (Wildman–Crippen MR) is 85.7 cm³/mol. The molecule has 0 bridgehead atoms. The summed E-state index contributed by atoms with van der Waals surface area (Å²) >= 11 is 0. The molecule has 0 aliphatic rings. The average molecular weight is 291 g/mol. The topological polar surface area (TPSA) is 51.4 Å². The Labute approximate surface area is 128 Å². The van der Waals surface area contributed by atoms with Crippen LogP contribution in [0.2, 0.25) is 0 Å². The van der Waals surface area contributed by atoms with E-state index in [9.17, 15) is 0 Å². The van der Waals surface area contributed by atoms with Crippen LogP contribution in [0, 0.1) is 6.92 Å². The van der Waals surface area contributed by atoms with Gasteiger partial charge in [-0.05, 0) is 13.0 Å². The van der Waals surface area contributed by atoms with E-state index in [2.05, 4.69) is 57.0 Å². The molecule has 1 N–H and O–H groups in total. The molecule has 0 saturated heterocycles. The molecule has 5 nitrogen and oxygen atoms in total. The molecule has 1 aromatic carbocycles. The fraction of sp³-hybridized carbons (Fsp3) is 0.176. The summed E-state index contributed by atoms with van der Waals surface area (Å²) in [5.74, 6) is 0. The molecule has 0 saturated carbocycles. The van der Waals surface area contributed by atoms with E-state index in [-0.39, 0.29) is 6.04 Å². The van der Waals surface area contributed by atoms with Crippen molar-refractivity contribution >= 4 is 10.9 Å². The molecular weight excluding hydrogens is 274 g/mol. The lowest BCUT2D eigenvalue weighted by atomic mass is 9.98. The third kappa shape index (κ3) is 1.94. The van der Waals surface area contributed by atoms with Crippen molar-refractivity contribution in [2.75, 3.05) is 0 Å². The van der Waals surface area contributed by atoms with Gasteiger partial charge in [-0.25, -0.2) is 4.98 Å². The summed E-state index contributed by atoms with van der Waals surface area (Å²) in [6, 6.07) is 8.47. The van der Waals surface area contributed by atoms with Gasteiger partial charge >= 0.3 is 0 Å². The number of rotatable bonds is 3. The standard InChI is InChI=1S/C17H17N5/c1-12-16(14-5-3-4-6-15(14)20-12)17(22-8-7-18-11-22)13-9-19-21(2)10-13/h3-11,17,20H,1-2H3. The number of hydrogen-bond donors (Lipinski definition) is 1. The van der Waals surface area contributed by atoms with Crippen molar-refractivity contribution in [1.29, 1.82) is 0 Å². The maximum Gasteiger partial charge on any atom is 0.0954 e. The highest BCUT2D eigenvalue weighted by Crippen LogP contribution is 2.34. The van der Waals surface area contributed by atoms with Gasteiger partial charge in [-0.3, -0.25) is 4.68 Å². The summed E-state index contributed by atoms with van der Waals surface area (Å²) in [5, 5.41) is 5.58. The van der Waals surface area contributed by atoms with Gasteiger partial charge in [0.05, 0.1) is 18.6 Å². The molecule has 0 spiro atoms. The van der Waals surface area contributed by atoms with Crippen LogP contribution in [-0.4, -0.2) is 24.3 Å². The molecule has 0 aliphatic carbocycles. The van der Waals surface area contributed by atoms with E-state index in [0.29, 0.717) is 0 Å². The Morgan fingerprint density at radius 1 is 1.23 bits per heavy atom. The summed E-state index contributed by atoms with van der Waals surface area (Å²) < 4.78 is 3.96. The maximum absolute atomic E-state index is 4.34. The van der Waals surface area contributed by atoms with Gasteiger partial charge in [0, 0.05) is 53.4 Å². The minimum atomic E-state index is 0.0624. The number of hydrogen-bond acceptors (Lipinski definition) is 2. The summed E-state index contributed by atoms with van der Waals surface area (Å²) in [6.07, 6.45) is 9.66. The first-order chi connectivity index (χ1) is 10.7. The molecule has 5 heteroatoms. The van der Waals surface area contributed by atoms with Crippen molar-refractivity contribution in [3.8, 4) is 0 Å². The van der Waals surface area contributed by atoms with Gasteiger partial charge in [-0.1, -0.05) is 18.2 Å². The van der Waals surface area contributed by atoms with Crippen molar-refractivity contribution in [1.82, 2.24) is 24.3 Å². The maximum atomic E-state index is 4.34. The van der Waals surface area contributed by atoms with Crippen LogP contribution in [0.1, 0.15) is 22.9 Å². The minimum absolute atomic E-state index is 0.0624. The SMILES string of the molecule is Cc1[nH]c2ccccc2c1C(c1cnn(C)c1)n1ccnc1. The van der Waals surface area contributed by atoms with Crippen LogP contribution in [0.3, 0.4) is 0 Å². The Hall–Kier alpha value is -2.82. The second kappa shape index (κ2) is 4.87. The van der Waals surface area contributed by atoms with Crippen LogP contribution in [0.5, 0.6) is 0 Å². The highest BCUT2D eigenvalue weighted by atomic mass is 15.2. The molecular formula is C17H17N5. The summed E-state index contributed by atoms with van der Waals surface area (Å²) in [6.45, 7) is 2.12. The van der Waals surface area contributed by atoms with Gasteiger partial charge in [0.1, 0.15) is 0 Å². The lowest BCUT2D eigenvalue weighted by Gasteiger charge is -2.18. The molecule has 1 unspecified atom stereocenters. The highest BCUT2D eigenvalue weighted by molar-refractivity contribution is 5.85. The van der Waals surface area contributed by atoms with Gasteiger partial charge in [0.2, 0.25) is 0 Å². The van der Waals surface area contributed by atoms with E-state index in [4.69, 9.17) is 0 Å². The van der Waals surface area contributed by atoms with Crippen LogP contribution >= 0.6 is 0 Å². The second-order valence-electron chi connectivity index (χ2n) is 5.57. The monoisotopic (exact) mass is 291 g/mol. The van der Waals surface area contributed by atoms with Crippen LogP contribution in [0.4, 0.5) is 0 Å². The van der Waals surface area contributed by atoms with E-state index < -0.39 is 0 Å². The third-order valence-corrected chi connectivity index (χ3v) is 4.08. The molecule has 4 rings (SSSR count). The molecule has 22 heavy (non-hydrogen) atoms. The molecule has 3 heterocycles. The number of aryl methyl sites for hydroxylation is 2. The van der Waals surface area contributed by atoms with E-state index in [1.165, 1.54) is 16.6 Å². The zero-order valence-corrected chi connectivity index (χ0v) is 12.6. The first-order valence-corrected chi connectivity index (χ1v) is 7.27. The number of para-hydroxylation sites is 1. The molecule has 4 aromatic rings. The van der Waals surface area contributed by atoms with Crippen molar-refractivity contribution in [2.24, 2.45) is 7.05 Å². The smallest absolute Gasteiger partial charge is 0.0954 e. The van der Waals surface area contributed by atoms with Gasteiger partial charge in [-0.2, -0.15) is 5.10 Å². The van der Waals surface area contributed by atoms with Crippen LogP contribution in [0.25, 0.3) is 10.9 Å². The third-order valence-electron chi connectivity index (χ3n) is 4.08. The number of aromatic nitrogens is 5. The Balaban J connectivity index is 1.99. The lowest BCUT2D eigenvalue weighted by Crippen LogP contribution is -2.11. The quantitative estimate of drug-likeness (QED) is 0.631. The number of benzene rings is 1. The molecule has 0 fully saturated rings. The summed E-state index contributed by atoms with van der Waals surface area (Å²) in [5.41, 5.74) is 4.74. The molecule has 0 aliphatic heterocycles. The average Bonchev–Trinajstić information content (AvgIpc) is 3.22. The highest BCUT2D eigenvalue weighted by Gasteiger charge is 2.23. The number of H-pyrrole nitrogens is 1. The Morgan fingerprint density at radius 3 is 2.82 bits per heavy atom. The number of nitrogens with zero attached hydrogens (tertiary/aromatic N) is 4. The van der Waals surface area contributed by atoms with E-state index in [1.54, 1.807) is 0 Å². The largest absolute Gasteiger partial charge is 0.358 e. The van der Waals surface area contributed by atoms with Gasteiger partial charge < -0.3 is 9.55 Å². The summed E-state index contributed by atoms with van der Waals surface area (Å²) in [7, 11) is 1.94. The second-order valence-corrected chi connectivity index (χ2v) is 5.57. The molecule has 110 valence electrons. The number of fused-ring (bicyclic) bond motifs is 1. The number of aromatic amines is 1. The number of imidazole rings is 1. The van der Waals surface area contributed by atoms with Gasteiger partial charge in [0.15, 0.2) is 0 Å². The minimum Gasteiger partial charge on any atom is -0.358 e. The lowest BCUT2D eigenvalue weighted by molar-refractivity contribution is 0.675. The van der Waals surface area contributed by atoms with E-state index in [1.807, 2.05) is 36.6 Å². The first-order valence-electron chi connectivity index (χ1n) is 7.27. The molecule has 0 amide bonds. The Bertz CT molecular complexity index is 914. The summed E-state index contributed by atoms with van der Waals surface area (Å²) in [4.78, 5) is 7.71. The van der Waals surface area contributed by atoms with Crippen molar-refractivity contribution in [3.63, 3.8) is 0 Å². The van der Waals surface area contributed by atoms with Crippen molar-refractivity contribution in [3.05, 3.63) is 72.2 Å².